The van der Waals surface area contributed by atoms with Crippen molar-refractivity contribution < 1.29 is 24.4 Å². The van der Waals surface area contributed by atoms with Gasteiger partial charge in [0.1, 0.15) is 56.5 Å². The number of nitrogens with one attached hydrogen (secondary N) is 2. The number of hydrogen-bond donors (Lipinski definition) is 3. The molecule has 3 rings (SSSR count). The molecule has 0 unspecified atom stereocenters. The molecule has 1 aliphatic heterocycles. The molecule has 1 saturated heterocycles. The number of rotatable bonds is 6. The molecule has 1 aliphatic rings. The summed E-state index contributed by atoms with van der Waals surface area (Å²) in [5.41, 5.74) is 2.32. The molecule has 5 heteroatoms. The summed E-state index contributed by atoms with van der Waals surface area (Å²) < 4.78 is 10.5. The molecule has 134 valence electrons. The predicted molar refractivity (Wildman–Crippen MR) is 96.5 cm³/mol. The maximum atomic E-state index is 10.1. The predicted octanol–water partition coefficient (Wildman–Crippen LogP) is -0.107. The smallest absolute Gasteiger partial charge is 0.127 e. The SMILES string of the molecule is COc1ccc(C[NH+]2CC[NH+](Cc3cc(OC)ccc3O)CC2)cc1. The van der Waals surface area contributed by atoms with Crippen LogP contribution in [0.1, 0.15) is 11.1 Å². The zero-order valence-corrected chi connectivity index (χ0v) is 15.0. The van der Waals surface area contributed by atoms with Crippen molar-refractivity contribution in [3.63, 3.8) is 0 Å². The number of piperazine rings is 1. The van der Waals surface area contributed by atoms with Gasteiger partial charge >= 0.3 is 0 Å². The molecule has 0 aromatic heterocycles. The zero-order valence-electron chi connectivity index (χ0n) is 15.0. The van der Waals surface area contributed by atoms with Crippen LogP contribution in [0, 0.1) is 0 Å². The highest BCUT2D eigenvalue weighted by Gasteiger charge is 2.24. The average Bonchev–Trinajstić information content (AvgIpc) is 2.66. The van der Waals surface area contributed by atoms with E-state index in [0.29, 0.717) is 5.75 Å². The van der Waals surface area contributed by atoms with E-state index in [1.54, 1.807) is 31.3 Å². The Morgan fingerprint density at radius 3 is 1.96 bits per heavy atom. The highest BCUT2D eigenvalue weighted by molar-refractivity contribution is 5.38. The van der Waals surface area contributed by atoms with Crippen molar-refractivity contribution in [1.29, 1.82) is 0 Å². The second-order valence-corrected chi connectivity index (χ2v) is 6.70. The Hall–Kier alpha value is -2.24. The Labute approximate surface area is 149 Å². The summed E-state index contributed by atoms with van der Waals surface area (Å²) in [5, 5.41) is 10.1. The van der Waals surface area contributed by atoms with Gasteiger partial charge in [0.25, 0.3) is 0 Å². The minimum atomic E-state index is 0.362. The lowest BCUT2D eigenvalue weighted by Crippen LogP contribution is -3.27. The zero-order chi connectivity index (χ0) is 17.6. The first kappa shape index (κ1) is 17.6. The molecule has 0 spiro atoms. The summed E-state index contributed by atoms with van der Waals surface area (Å²) in [4.78, 5) is 3.13. The highest BCUT2D eigenvalue weighted by Crippen LogP contribution is 2.21. The van der Waals surface area contributed by atoms with Crippen molar-refractivity contribution in [2.45, 2.75) is 13.1 Å². The van der Waals surface area contributed by atoms with Gasteiger partial charge in [-0.05, 0) is 42.5 Å². The van der Waals surface area contributed by atoms with Gasteiger partial charge in [0.05, 0.1) is 19.8 Å². The Bertz CT molecular complexity index is 680. The third kappa shape index (κ3) is 4.65. The first-order valence-corrected chi connectivity index (χ1v) is 8.84. The van der Waals surface area contributed by atoms with Crippen molar-refractivity contribution in [1.82, 2.24) is 0 Å². The van der Waals surface area contributed by atoms with Crippen LogP contribution < -0.4 is 19.3 Å². The van der Waals surface area contributed by atoms with Gasteiger partial charge in [-0.2, -0.15) is 0 Å². The Morgan fingerprint density at radius 2 is 1.36 bits per heavy atom. The van der Waals surface area contributed by atoms with E-state index in [0.717, 1.165) is 56.3 Å². The molecule has 0 aliphatic carbocycles. The van der Waals surface area contributed by atoms with Gasteiger partial charge in [-0.15, -0.1) is 0 Å². The minimum Gasteiger partial charge on any atom is -0.507 e. The number of phenols is 1. The van der Waals surface area contributed by atoms with Crippen molar-refractivity contribution in [2.75, 3.05) is 40.4 Å². The monoisotopic (exact) mass is 344 g/mol. The lowest BCUT2D eigenvalue weighted by molar-refractivity contribution is -1.02. The first-order chi connectivity index (χ1) is 12.2. The van der Waals surface area contributed by atoms with Crippen LogP contribution >= 0.6 is 0 Å². The summed E-state index contributed by atoms with van der Waals surface area (Å²) in [7, 11) is 3.35. The quantitative estimate of drug-likeness (QED) is 0.686. The first-order valence-electron chi connectivity index (χ1n) is 8.84. The standard InChI is InChI=1S/C20H26N2O3/c1-24-18-5-3-16(4-6-18)14-21-9-11-22(12-10-21)15-17-13-19(25-2)7-8-20(17)23/h3-8,13,23H,9-12,14-15H2,1-2H3/p+2. The number of benzene rings is 2. The van der Waals surface area contributed by atoms with Crippen LogP contribution in [0.15, 0.2) is 42.5 Å². The van der Waals surface area contributed by atoms with Gasteiger partial charge in [-0.25, -0.2) is 0 Å². The van der Waals surface area contributed by atoms with E-state index in [9.17, 15) is 5.11 Å². The Kier molecular flexibility index (Phi) is 5.79. The summed E-state index contributed by atoms with van der Waals surface area (Å²) >= 11 is 0. The summed E-state index contributed by atoms with van der Waals surface area (Å²) in [5.74, 6) is 2.07. The molecule has 0 radical (unpaired) electrons. The van der Waals surface area contributed by atoms with Crippen LogP contribution in [0.2, 0.25) is 0 Å². The number of ether oxygens (including phenoxy) is 2. The molecule has 0 bridgehead atoms. The molecule has 2 aromatic carbocycles. The van der Waals surface area contributed by atoms with E-state index in [1.807, 2.05) is 18.2 Å². The fraction of sp³-hybridized carbons (Fsp3) is 0.400. The topological polar surface area (TPSA) is 47.6 Å². The second kappa shape index (κ2) is 8.23. The van der Waals surface area contributed by atoms with Crippen LogP contribution in [0.5, 0.6) is 17.2 Å². The second-order valence-electron chi connectivity index (χ2n) is 6.70. The fourth-order valence-electron chi connectivity index (χ4n) is 3.44. The lowest BCUT2D eigenvalue weighted by atomic mass is 10.1. The molecule has 1 fully saturated rings. The van der Waals surface area contributed by atoms with Crippen molar-refractivity contribution in [3.8, 4) is 17.2 Å². The van der Waals surface area contributed by atoms with Crippen molar-refractivity contribution >= 4 is 0 Å². The van der Waals surface area contributed by atoms with E-state index in [-0.39, 0.29) is 0 Å². The van der Waals surface area contributed by atoms with Crippen molar-refractivity contribution in [3.05, 3.63) is 53.6 Å². The summed E-state index contributed by atoms with van der Waals surface area (Å²) in [6, 6.07) is 13.8. The summed E-state index contributed by atoms with van der Waals surface area (Å²) in [6.45, 7) is 6.42. The van der Waals surface area contributed by atoms with Gasteiger partial charge in [-0.3, -0.25) is 0 Å². The molecule has 5 nitrogen and oxygen atoms in total. The van der Waals surface area contributed by atoms with Gasteiger partial charge in [0.15, 0.2) is 0 Å². The normalized spacial score (nSPS) is 20.2. The molecule has 1 heterocycles. The molecule has 0 saturated carbocycles. The minimum absolute atomic E-state index is 0.362. The van der Waals surface area contributed by atoms with Gasteiger partial charge in [0.2, 0.25) is 0 Å². The van der Waals surface area contributed by atoms with Crippen LogP contribution in [0.4, 0.5) is 0 Å². The molecule has 0 atom stereocenters. The van der Waals surface area contributed by atoms with E-state index in [4.69, 9.17) is 9.47 Å². The largest absolute Gasteiger partial charge is 0.507 e. The number of quaternary nitrogens is 2. The fourth-order valence-corrected chi connectivity index (χ4v) is 3.44. The van der Waals surface area contributed by atoms with Gasteiger partial charge in [-0.1, -0.05) is 0 Å². The van der Waals surface area contributed by atoms with Crippen LogP contribution in [-0.2, 0) is 13.1 Å². The van der Waals surface area contributed by atoms with Gasteiger partial charge in [0, 0.05) is 5.56 Å². The number of aromatic hydroxyl groups is 1. The van der Waals surface area contributed by atoms with Gasteiger partial charge < -0.3 is 24.4 Å². The number of phenolic OH excluding ortho intramolecular Hbond substituents is 1. The molecular formula is C20H28N2O3+2. The maximum absolute atomic E-state index is 10.1. The third-order valence-corrected chi connectivity index (χ3v) is 5.00. The Morgan fingerprint density at radius 1 is 0.800 bits per heavy atom. The van der Waals surface area contributed by atoms with Crippen LogP contribution in [-0.4, -0.2) is 45.5 Å². The molecule has 3 N–H and O–H groups in total. The average molecular weight is 344 g/mol. The van der Waals surface area contributed by atoms with E-state index < -0.39 is 0 Å². The third-order valence-electron chi connectivity index (χ3n) is 5.00. The Balaban J connectivity index is 1.51. The van der Waals surface area contributed by atoms with E-state index in [2.05, 4.69) is 12.1 Å². The van der Waals surface area contributed by atoms with E-state index >= 15 is 0 Å². The maximum Gasteiger partial charge on any atom is 0.127 e. The number of methoxy groups -OCH3 is 2. The lowest BCUT2D eigenvalue weighted by Gasteiger charge is -2.30. The molecule has 2 aromatic rings. The van der Waals surface area contributed by atoms with E-state index in [1.165, 1.54) is 10.5 Å². The van der Waals surface area contributed by atoms with Crippen LogP contribution in [0.25, 0.3) is 0 Å². The highest BCUT2D eigenvalue weighted by atomic mass is 16.5. The molecular weight excluding hydrogens is 316 g/mol. The van der Waals surface area contributed by atoms with Crippen molar-refractivity contribution in [2.24, 2.45) is 0 Å². The van der Waals surface area contributed by atoms with Crippen LogP contribution in [0.3, 0.4) is 0 Å². The number of hydrogen-bond acceptors (Lipinski definition) is 3. The summed E-state index contributed by atoms with van der Waals surface area (Å²) in [6.07, 6.45) is 0. The molecule has 0 amide bonds. The molecule has 25 heavy (non-hydrogen) atoms.